The van der Waals surface area contributed by atoms with E-state index >= 15 is 0 Å². The average Bonchev–Trinajstić information content (AvgIpc) is 2.03. The average molecular weight is 164 g/mol. The first-order valence-corrected chi connectivity index (χ1v) is 3.89. The number of aliphatic hydroxyl groups excluding tert-OH is 1. The van der Waals surface area contributed by atoms with Crippen LogP contribution in [0.15, 0.2) is 18.2 Å². The van der Waals surface area contributed by atoms with Gasteiger partial charge < -0.3 is 5.11 Å². The van der Waals surface area contributed by atoms with Crippen LogP contribution < -0.4 is 0 Å². The minimum atomic E-state index is -0.578. The molecule has 1 unspecified atom stereocenters. The first-order valence-electron chi connectivity index (χ1n) is 3.89. The van der Waals surface area contributed by atoms with E-state index in [2.05, 4.69) is 0 Å². The van der Waals surface area contributed by atoms with E-state index in [1.807, 2.05) is 13.0 Å². The minimum Gasteiger partial charge on any atom is -0.389 e. The van der Waals surface area contributed by atoms with Gasteiger partial charge in [-0.2, -0.15) is 0 Å². The van der Waals surface area contributed by atoms with Crippen molar-refractivity contribution in [2.75, 3.05) is 0 Å². The van der Waals surface area contributed by atoms with Gasteiger partial charge in [0, 0.05) is 5.56 Å². The predicted octanol–water partition coefficient (Wildman–Crippen LogP) is 1.86. The number of carbonyl (C=O) groups is 1. The molecule has 2 heteroatoms. The topological polar surface area (TPSA) is 37.3 Å². The number of aldehydes is 1. The lowest BCUT2D eigenvalue weighted by molar-refractivity contribution is 0.111. The molecule has 0 radical (unpaired) electrons. The van der Waals surface area contributed by atoms with Crippen LogP contribution in [0.25, 0.3) is 0 Å². The first-order chi connectivity index (χ1) is 5.65. The van der Waals surface area contributed by atoms with Gasteiger partial charge in [0.1, 0.15) is 6.29 Å². The van der Waals surface area contributed by atoms with Gasteiger partial charge in [-0.25, -0.2) is 0 Å². The second kappa shape index (κ2) is 3.50. The molecular weight excluding hydrogens is 152 g/mol. The molecule has 0 fully saturated rings. The van der Waals surface area contributed by atoms with Crippen molar-refractivity contribution in [1.82, 2.24) is 0 Å². The van der Waals surface area contributed by atoms with Gasteiger partial charge in [-0.15, -0.1) is 0 Å². The Kier molecular flexibility index (Phi) is 2.61. The maximum atomic E-state index is 10.6. The molecule has 1 rings (SSSR count). The SMILES string of the molecule is Cc1ccc(C(C)O)c(C=O)c1. The van der Waals surface area contributed by atoms with E-state index in [0.717, 1.165) is 11.8 Å². The number of carbonyl (C=O) groups excluding carboxylic acids is 1. The van der Waals surface area contributed by atoms with Crippen molar-refractivity contribution in [2.45, 2.75) is 20.0 Å². The maximum absolute atomic E-state index is 10.6. The van der Waals surface area contributed by atoms with E-state index in [9.17, 15) is 9.90 Å². The molecule has 0 amide bonds. The highest BCUT2D eigenvalue weighted by atomic mass is 16.3. The summed E-state index contributed by atoms with van der Waals surface area (Å²) >= 11 is 0. The van der Waals surface area contributed by atoms with Gasteiger partial charge in [0.15, 0.2) is 0 Å². The molecule has 1 atom stereocenters. The molecule has 0 aliphatic rings. The fourth-order valence-electron chi connectivity index (χ4n) is 1.18. The number of rotatable bonds is 2. The third-order valence-corrected chi connectivity index (χ3v) is 1.82. The molecular formula is C10H12O2. The number of benzene rings is 1. The molecule has 0 aliphatic carbocycles. The number of aliphatic hydroxyl groups is 1. The van der Waals surface area contributed by atoms with Gasteiger partial charge in [-0.1, -0.05) is 17.7 Å². The fraction of sp³-hybridized carbons (Fsp3) is 0.300. The van der Waals surface area contributed by atoms with Crippen molar-refractivity contribution in [2.24, 2.45) is 0 Å². The Hall–Kier alpha value is -1.15. The molecule has 0 heterocycles. The minimum absolute atomic E-state index is 0.574. The molecule has 1 aromatic carbocycles. The van der Waals surface area contributed by atoms with Crippen molar-refractivity contribution in [3.63, 3.8) is 0 Å². The quantitative estimate of drug-likeness (QED) is 0.677. The lowest BCUT2D eigenvalue weighted by atomic mass is 10.0. The second-order valence-electron chi connectivity index (χ2n) is 2.93. The van der Waals surface area contributed by atoms with Crippen LogP contribution >= 0.6 is 0 Å². The Bertz CT molecular complexity index is 290. The monoisotopic (exact) mass is 164 g/mol. The molecule has 0 saturated carbocycles. The molecule has 0 saturated heterocycles. The van der Waals surface area contributed by atoms with E-state index in [0.29, 0.717) is 11.1 Å². The van der Waals surface area contributed by atoms with Gasteiger partial charge >= 0.3 is 0 Å². The molecule has 2 nitrogen and oxygen atoms in total. The van der Waals surface area contributed by atoms with Gasteiger partial charge in [-0.05, 0) is 25.5 Å². The Balaban J connectivity index is 3.20. The molecule has 0 aromatic heterocycles. The van der Waals surface area contributed by atoms with E-state index < -0.39 is 6.10 Å². The predicted molar refractivity (Wildman–Crippen MR) is 47.2 cm³/mol. The summed E-state index contributed by atoms with van der Waals surface area (Å²) in [4.78, 5) is 10.6. The molecule has 1 N–H and O–H groups in total. The molecule has 1 aromatic rings. The summed E-state index contributed by atoms with van der Waals surface area (Å²) in [7, 11) is 0. The van der Waals surface area contributed by atoms with Crippen LogP contribution in [-0.4, -0.2) is 11.4 Å². The highest BCUT2D eigenvalue weighted by Crippen LogP contribution is 2.17. The van der Waals surface area contributed by atoms with Gasteiger partial charge in [0.05, 0.1) is 6.10 Å². The van der Waals surface area contributed by atoms with E-state index in [1.165, 1.54) is 0 Å². The Morgan fingerprint density at radius 3 is 2.67 bits per heavy atom. The Labute approximate surface area is 71.8 Å². The summed E-state index contributed by atoms with van der Waals surface area (Å²) in [5.41, 5.74) is 2.29. The van der Waals surface area contributed by atoms with E-state index in [4.69, 9.17) is 0 Å². The normalized spacial score (nSPS) is 12.6. The lowest BCUT2D eigenvalue weighted by Gasteiger charge is -2.07. The molecule has 0 spiro atoms. The smallest absolute Gasteiger partial charge is 0.150 e. The zero-order chi connectivity index (χ0) is 9.14. The maximum Gasteiger partial charge on any atom is 0.150 e. The van der Waals surface area contributed by atoms with Crippen LogP contribution in [0.5, 0.6) is 0 Å². The van der Waals surface area contributed by atoms with E-state index in [-0.39, 0.29) is 0 Å². The number of hydrogen-bond donors (Lipinski definition) is 1. The first kappa shape index (κ1) is 8.94. The van der Waals surface area contributed by atoms with Crippen molar-refractivity contribution in [3.8, 4) is 0 Å². The third-order valence-electron chi connectivity index (χ3n) is 1.82. The standard InChI is InChI=1S/C10H12O2/c1-7-3-4-10(8(2)12)9(5-7)6-11/h3-6,8,12H,1-2H3. The third kappa shape index (κ3) is 1.71. The van der Waals surface area contributed by atoms with Crippen LogP contribution in [0.1, 0.15) is 34.5 Å². The van der Waals surface area contributed by atoms with Crippen molar-refractivity contribution in [3.05, 3.63) is 34.9 Å². The summed E-state index contributed by atoms with van der Waals surface area (Å²) in [5.74, 6) is 0. The Morgan fingerprint density at radius 1 is 1.50 bits per heavy atom. The highest BCUT2D eigenvalue weighted by Gasteiger charge is 2.06. The second-order valence-corrected chi connectivity index (χ2v) is 2.93. The molecule has 64 valence electrons. The van der Waals surface area contributed by atoms with Crippen molar-refractivity contribution < 1.29 is 9.90 Å². The summed E-state index contributed by atoms with van der Waals surface area (Å²) in [6, 6.07) is 5.44. The number of aryl methyl sites for hydroxylation is 1. The van der Waals surface area contributed by atoms with E-state index in [1.54, 1.807) is 19.1 Å². The lowest BCUT2D eigenvalue weighted by Crippen LogP contribution is -1.97. The Morgan fingerprint density at radius 2 is 2.17 bits per heavy atom. The van der Waals surface area contributed by atoms with Crippen LogP contribution in [0, 0.1) is 6.92 Å². The molecule has 0 bridgehead atoms. The van der Waals surface area contributed by atoms with Gasteiger partial charge in [-0.3, -0.25) is 4.79 Å². The zero-order valence-electron chi connectivity index (χ0n) is 7.24. The number of hydrogen-bond acceptors (Lipinski definition) is 2. The van der Waals surface area contributed by atoms with Crippen LogP contribution in [0.4, 0.5) is 0 Å². The van der Waals surface area contributed by atoms with Crippen LogP contribution in [0.3, 0.4) is 0 Å². The zero-order valence-corrected chi connectivity index (χ0v) is 7.24. The van der Waals surface area contributed by atoms with Crippen molar-refractivity contribution >= 4 is 6.29 Å². The van der Waals surface area contributed by atoms with Crippen LogP contribution in [-0.2, 0) is 0 Å². The van der Waals surface area contributed by atoms with Crippen LogP contribution in [0.2, 0.25) is 0 Å². The fourth-order valence-corrected chi connectivity index (χ4v) is 1.18. The summed E-state index contributed by atoms with van der Waals surface area (Å²) in [5, 5.41) is 9.27. The summed E-state index contributed by atoms with van der Waals surface area (Å²) in [6.45, 7) is 3.57. The summed E-state index contributed by atoms with van der Waals surface area (Å²) < 4.78 is 0. The highest BCUT2D eigenvalue weighted by molar-refractivity contribution is 5.77. The largest absolute Gasteiger partial charge is 0.389 e. The van der Waals surface area contributed by atoms with Gasteiger partial charge in [0.25, 0.3) is 0 Å². The van der Waals surface area contributed by atoms with Gasteiger partial charge in [0.2, 0.25) is 0 Å². The summed E-state index contributed by atoms with van der Waals surface area (Å²) in [6.07, 6.45) is 0.195. The molecule has 0 aliphatic heterocycles. The molecule has 12 heavy (non-hydrogen) atoms. The van der Waals surface area contributed by atoms with Crippen molar-refractivity contribution in [1.29, 1.82) is 0 Å².